The molecule has 2 rings (SSSR count). The summed E-state index contributed by atoms with van der Waals surface area (Å²) < 4.78 is 30.8. The van der Waals surface area contributed by atoms with Crippen molar-refractivity contribution in [3.63, 3.8) is 0 Å². The van der Waals surface area contributed by atoms with Crippen molar-refractivity contribution in [1.82, 2.24) is 10.2 Å². The van der Waals surface area contributed by atoms with E-state index in [4.69, 9.17) is 10.5 Å². The zero-order valence-corrected chi connectivity index (χ0v) is 8.80. The Morgan fingerprint density at radius 1 is 1.19 bits per heavy atom. The van der Waals surface area contributed by atoms with Crippen LogP contribution in [0.1, 0.15) is 5.01 Å². The molecular formula is C9H7F2N3OS. The molecule has 0 aliphatic heterocycles. The van der Waals surface area contributed by atoms with Gasteiger partial charge in [-0.3, -0.25) is 0 Å². The molecule has 0 saturated carbocycles. The Labute approximate surface area is 93.7 Å². The van der Waals surface area contributed by atoms with Crippen LogP contribution >= 0.6 is 11.3 Å². The molecule has 0 aliphatic rings. The standard InChI is InChI=1S/C9H7F2N3OS/c10-5-1-6(11)3-7(2-5)15-9-14-13-8(4-12)16-9/h1-3H,4,12H2. The van der Waals surface area contributed by atoms with Crippen molar-refractivity contribution >= 4 is 11.3 Å². The Bertz CT molecular complexity index is 483. The van der Waals surface area contributed by atoms with Gasteiger partial charge >= 0.3 is 0 Å². The molecule has 0 amide bonds. The number of ether oxygens (including phenoxy) is 1. The van der Waals surface area contributed by atoms with Crippen molar-refractivity contribution in [3.05, 3.63) is 34.8 Å². The van der Waals surface area contributed by atoms with Crippen LogP contribution in [0.2, 0.25) is 0 Å². The highest BCUT2D eigenvalue weighted by Crippen LogP contribution is 2.25. The van der Waals surface area contributed by atoms with Crippen molar-refractivity contribution in [2.75, 3.05) is 0 Å². The lowest BCUT2D eigenvalue weighted by Crippen LogP contribution is -1.94. The second-order valence-corrected chi connectivity index (χ2v) is 3.90. The molecule has 0 aliphatic carbocycles. The summed E-state index contributed by atoms with van der Waals surface area (Å²) in [5.41, 5.74) is 5.34. The number of aromatic nitrogens is 2. The van der Waals surface area contributed by atoms with Crippen molar-refractivity contribution in [3.8, 4) is 10.9 Å². The van der Waals surface area contributed by atoms with Gasteiger partial charge in [-0.1, -0.05) is 16.4 Å². The van der Waals surface area contributed by atoms with E-state index >= 15 is 0 Å². The van der Waals surface area contributed by atoms with E-state index in [-0.39, 0.29) is 17.5 Å². The average molecular weight is 243 g/mol. The third-order valence-electron chi connectivity index (χ3n) is 1.66. The van der Waals surface area contributed by atoms with Crippen molar-refractivity contribution in [2.24, 2.45) is 5.73 Å². The fraction of sp³-hybridized carbons (Fsp3) is 0.111. The number of nitrogens with zero attached hydrogens (tertiary/aromatic N) is 2. The summed E-state index contributed by atoms with van der Waals surface area (Å²) in [5, 5.41) is 8.16. The predicted molar refractivity (Wildman–Crippen MR) is 54.2 cm³/mol. The Hall–Kier alpha value is -1.60. The maximum atomic E-state index is 12.8. The summed E-state index contributed by atoms with van der Waals surface area (Å²) in [6.07, 6.45) is 0. The van der Waals surface area contributed by atoms with E-state index < -0.39 is 11.6 Å². The summed E-state index contributed by atoms with van der Waals surface area (Å²) in [6.45, 7) is 0.249. The van der Waals surface area contributed by atoms with Crippen LogP contribution in [0.4, 0.5) is 8.78 Å². The number of hydrogen-bond acceptors (Lipinski definition) is 5. The van der Waals surface area contributed by atoms with Crippen LogP contribution in [0.15, 0.2) is 18.2 Å². The summed E-state index contributed by atoms with van der Waals surface area (Å²) in [7, 11) is 0. The van der Waals surface area contributed by atoms with Crippen LogP contribution in [0, 0.1) is 11.6 Å². The number of hydrogen-bond donors (Lipinski definition) is 1. The van der Waals surface area contributed by atoms with E-state index in [2.05, 4.69) is 10.2 Å². The third kappa shape index (κ3) is 2.50. The zero-order chi connectivity index (χ0) is 11.5. The highest BCUT2D eigenvalue weighted by Gasteiger charge is 2.07. The average Bonchev–Trinajstić information content (AvgIpc) is 2.64. The minimum Gasteiger partial charge on any atom is -0.430 e. The summed E-state index contributed by atoms with van der Waals surface area (Å²) >= 11 is 1.13. The second kappa shape index (κ2) is 4.50. The van der Waals surface area contributed by atoms with Crippen molar-refractivity contribution in [1.29, 1.82) is 0 Å². The molecule has 0 saturated heterocycles. The van der Waals surface area contributed by atoms with Gasteiger partial charge in [-0.15, -0.1) is 5.10 Å². The quantitative estimate of drug-likeness (QED) is 0.896. The van der Waals surface area contributed by atoms with Crippen LogP contribution in [-0.4, -0.2) is 10.2 Å². The molecule has 4 nitrogen and oxygen atoms in total. The van der Waals surface area contributed by atoms with Crippen LogP contribution < -0.4 is 10.5 Å². The Balaban J connectivity index is 2.19. The summed E-state index contributed by atoms with van der Waals surface area (Å²) in [6, 6.07) is 2.89. The molecule has 7 heteroatoms. The molecule has 1 heterocycles. The lowest BCUT2D eigenvalue weighted by atomic mass is 10.3. The molecule has 0 unspecified atom stereocenters. The molecule has 2 N–H and O–H groups in total. The monoisotopic (exact) mass is 243 g/mol. The lowest BCUT2D eigenvalue weighted by molar-refractivity contribution is 0.460. The molecule has 0 atom stereocenters. The van der Waals surface area contributed by atoms with E-state index in [1.807, 2.05) is 0 Å². The third-order valence-corrected chi connectivity index (χ3v) is 2.49. The van der Waals surface area contributed by atoms with Crippen LogP contribution in [-0.2, 0) is 6.54 Å². The molecule has 0 radical (unpaired) electrons. The Morgan fingerprint density at radius 2 is 1.88 bits per heavy atom. The molecule has 16 heavy (non-hydrogen) atoms. The van der Waals surface area contributed by atoms with E-state index in [9.17, 15) is 8.78 Å². The zero-order valence-electron chi connectivity index (χ0n) is 7.98. The fourth-order valence-electron chi connectivity index (χ4n) is 1.05. The Morgan fingerprint density at radius 3 is 2.44 bits per heavy atom. The number of nitrogens with two attached hydrogens (primary N) is 1. The van der Waals surface area contributed by atoms with Gasteiger partial charge in [0.05, 0.1) is 0 Å². The molecule has 0 spiro atoms. The van der Waals surface area contributed by atoms with Gasteiger partial charge in [-0.2, -0.15) is 0 Å². The molecule has 1 aromatic heterocycles. The molecule has 0 bridgehead atoms. The van der Waals surface area contributed by atoms with Crippen molar-refractivity contribution < 1.29 is 13.5 Å². The lowest BCUT2D eigenvalue weighted by Gasteiger charge is -2.00. The molecule has 84 valence electrons. The smallest absolute Gasteiger partial charge is 0.299 e. The van der Waals surface area contributed by atoms with Gasteiger partial charge in [0.25, 0.3) is 5.19 Å². The topological polar surface area (TPSA) is 61.0 Å². The van der Waals surface area contributed by atoms with E-state index in [0.717, 1.165) is 29.5 Å². The van der Waals surface area contributed by atoms with Gasteiger partial charge in [-0.25, -0.2) is 8.78 Å². The minimum atomic E-state index is -0.710. The first-order chi connectivity index (χ1) is 7.67. The highest BCUT2D eigenvalue weighted by atomic mass is 32.1. The molecule has 2 aromatic rings. The molecule has 0 fully saturated rings. The number of halogens is 2. The maximum Gasteiger partial charge on any atom is 0.299 e. The molecule has 1 aromatic carbocycles. The number of rotatable bonds is 3. The first-order valence-electron chi connectivity index (χ1n) is 4.34. The minimum absolute atomic E-state index is 0.0391. The second-order valence-electron chi connectivity index (χ2n) is 2.87. The van der Waals surface area contributed by atoms with Gasteiger partial charge in [0.1, 0.15) is 22.4 Å². The van der Waals surface area contributed by atoms with E-state index in [0.29, 0.717) is 5.01 Å². The van der Waals surface area contributed by atoms with Gasteiger partial charge in [0.15, 0.2) is 0 Å². The fourth-order valence-corrected chi connectivity index (χ4v) is 1.64. The first-order valence-corrected chi connectivity index (χ1v) is 5.15. The van der Waals surface area contributed by atoms with Gasteiger partial charge in [-0.05, 0) is 0 Å². The van der Waals surface area contributed by atoms with Gasteiger partial charge < -0.3 is 10.5 Å². The van der Waals surface area contributed by atoms with E-state index in [1.165, 1.54) is 0 Å². The van der Waals surface area contributed by atoms with Crippen LogP contribution in [0.3, 0.4) is 0 Å². The largest absolute Gasteiger partial charge is 0.430 e. The van der Waals surface area contributed by atoms with Gasteiger partial charge in [0.2, 0.25) is 0 Å². The van der Waals surface area contributed by atoms with Crippen molar-refractivity contribution in [2.45, 2.75) is 6.54 Å². The normalized spacial score (nSPS) is 10.4. The van der Waals surface area contributed by atoms with E-state index in [1.54, 1.807) is 0 Å². The van der Waals surface area contributed by atoms with Crippen LogP contribution in [0.25, 0.3) is 0 Å². The first kappa shape index (κ1) is 10.9. The van der Waals surface area contributed by atoms with Gasteiger partial charge in [0, 0.05) is 24.7 Å². The predicted octanol–water partition coefficient (Wildman–Crippen LogP) is 2.07. The Kier molecular flexibility index (Phi) is 3.07. The molecular weight excluding hydrogens is 236 g/mol. The number of benzene rings is 1. The van der Waals surface area contributed by atoms with Crippen LogP contribution in [0.5, 0.6) is 10.9 Å². The maximum absolute atomic E-state index is 12.8. The summed E-state index contributed by atoms with van der Waals surface area (Å²) in [4.78, 5) is 0. The summed E-state index contributed by atoms with van der Waals surface area (Å²) in [5.74, 6) is -1.38. The SMILES string of the molecule is NCc1nnc(Oc2cc(F)cc(F)c2)s1. The highest BCUT2D eigenvalue weighted by molar-refractivity contribution is 7.13.